The molecule has 1 atom stereocenters. The molecule has 1 aromatic carbocycles. The van der Waals surface area contributed by atoms with E-state index in [9.17, 15) is 8.78 Å². The fourth-order valence-electron chi connectivity index (χ4n) is 1.19. The number of alkyl halides is 2. The number of hydrogen-bond donors (Lipinski definition) is 1. The van der Waals surface area contributed by atoms with Gasteiger partial charge in [0, 0.05) is 11.6 Å². The summed E-state index contributed by atoms with van der Waals surface area (Å²) in [4.78, 5) is 0. The SMILES string of the molecule is C[C@H](N)COCc1ccccc1OC(F)F. The van der Waals surface area contributed by atoms with Crippen molar-refractivity contribution < 1.29 is 18.3 Å². The number of rotatable bonds is 6. The summed E-state index contributed by atoms with van der Waals surface area (Å²) >= 11 is 0. The molecule has 0 amide bonds. The van der Waals surface area contributed by atoms with Gasteiger partial charge >= 0.3 is 6.61 Å². The summed E-state index contributed by atoms with van der Waals surface area (Å²) in [5, 5.41) is 0. The molecule has 0 heterocycles. The lowest BCUT2D eigenvalue weighted by Crippen LogP contribution is -2.21. The lowest BCUT2D eigenvalue weighted by Gasteiger charge is -2.11. The van der Waals surface area contributed by atoms with Crippen LogP contribution in [0, 0.1) is 0 Å². The van der Waals surface area contributed by atoms with Gasteiger partial charge in [0.15, 0.2) is 0 Å². The summed E-state index contributed by atoms with van der Waals surface area (Å²) in [7, 11) is 0. The minimum Gasteiger partial charge on any atom is -0.434 e. The van der Waals surface area contributed by atoms with Crippen molar-refractivity contribution in [2.24, 2.45) is 5.73 Å². The molecule has 0 spiro atoms. The maximum Gasteiger partial charge on any atom is 0.387 e. The number of para-hydroxylation sites is 1. The molecular weight excluding hydrogens is 216 g/mol. The van der Waals surface area contributed by atoms with E-state index in [0.29, 0.717) is 12.2 Å². The van der Waals surface area contributed by atoms with Gasteiger partial charge in [-0.15, -0.1) is 0 Å². The number of nitrogens with two attached hydrogens (primary N) is 1. The summed E-state index contributed by atoms with van der Waals surface area (Å²) < 4.78 is 33.7. The van der Waals surface area contributed by atoms with Crippen LogP contribution in [0.15, 0.2) is 24.3 Å². The van der Waals surface area contributed by atoms with Crippen LogP contribution >= 0.6 is 0 Å². The van der Waals surface area contributed by atoms with Crippen molar-refractivity contribution in [2.45, 2.75) is 26.2 Å². The molecule has 2 N–H and O–H groups in total. The summed E-state index contributed by atoms with van der Waals surface area (Å²) in [6.07, 6.45) is 0. The minimum absolute atomic E-state index is 0.0804. The average molecular weight is 231 g/mol. The van der Waals surface area contributed by atoms with Crippen LogP contribution in [0.1, 0.15) is 12.5 Å². The molecule has 3 nitrogen and oxygen atoms in total. The van der Waals surface area contributed by atoms with Crippen LogP contribution in [0.3, 0.4) is 0 Å². The maximum atomic E-state index is 12.1. The van der Waals surface area contributed by atoms with Crippen molar-refractivity contribution >= 4 is 0 Å². The first-order valence-electron chi connectivity index (χ1n) is 4.95. The summed E-state index contributed by atoms with van der Waals surface area (Å²) in [5.74, 6) is 0.141. The number of hydrogen-bond acceptors (Lipinski definition) is 3. The Hall–Kier alpha value is -1.20. The van der Waals surface area contributed by atoms with Gasteiger partial charge in [-0.1, -0.05) is 18.2 Å². The van der Waals surface area contributed by atoms with Gasteiger partial charge in [-0.25, -0.2) is 0 Å². The van der Waals surface area contributed by atoms with E-state index in [-0.39, 0.29) is 18.4 Å². The van der Waals surface area contributed by atoms with E-state index in [1.165, 1.54) is 6.07 Å². The van der Waals surface area contributed by atoms with E-state index in [2.05, 4.69) is 4.74 Å². The van der Waals surface area contributed by atoms with Crippen LogP contribution in [0.25, 0.3) is 0 Å². The lowest BCUT2D eigenvalue weighted by molar-refractivity contribution is -0.0514. The Morgan fingerprint density at radius 1 is 1.31 bits per heavy atom. The monoisotopic (exact) mass is 231 g/mol. The third-order valence-electron chi connectivity index (χ3n) is 1.83. The van der Waals surface area contributed by atoms with Crippen LogP contribution < -0.4 is 10.5 Å². The van der Waals surface area contributed by atoms with E-state index in [1.807, 2.05) is 6.92 Å². The van der Waals surface area contributed by atoms with Crippen LogP contribution in [-0.4, -0.2) is 19.3 Å². The molecule has 0 bridgehead atoms. The van der Waals surface area contributed by atoms with Gasteiger partial charge in [0.1, 0.15) is 5.75 Å². The summed E-state index contributed by atoms with van der Waals surface area (Å²) in [6.45, 7) is -0.427. The molecule has 0 aliphatic rings. The highest BCUT2D eigenvalue weighted by Gasteiger charge is 2.09. The highest BCUT2D eigenvalue weighted by Crippen LogP contribution is 2.20. The second kappa shape index (κ2) is 6.40. The van der Waals surface area contributed by atoms with Crippen LogP contribution in [0.5, 0.6) is 5.75 Å². The molecule has 0 aliphatic heterocycles. The molecule has 90 valence electrons. The Morgan fingerprint density at radius 2 is 2.00 bits per heavy atom. The molecule has 0 saturated heterocycles. The normalized spacial score (nSPS) is 12.8. The maximum absolute atomic E-state index is 12.1. The van der Waals surface area contributed by atoms with Crippen LogP contribution in [0.4, 0.5) is 8.78 Å². The number of halogens is 2. The highest BCUT2D eigenvalue weighted by molar-refractivity contribution is 5.32. The molecule has 16 heavy (non-hydrogen) atoms. The van der Waals surface area contributed by atoms with Crippen molar-refractivity contribution in [3.05, 3.63) is 29.8 Å². The predicted molar refractivity (Wildman–Crippen MR) is 56.4 cm³/mol. The van der Waals surface area contributed by atoms with E-state index in [0.717, 1.165) is 0 Å². The molecule has 0 aliphatic carbocycles. The van der Waals surface area contributed by atoms with Crippen molar-refractivity contribution in [1.29, 1.82) is 0 Å². The Balaban J connectivity index is 2.56. The van der Waals surface area contributed by atoms with E-state index < -0.39 is 6.61 Å². The fourth-order valence-corrected chi connectivity index (χ4v) is 1.19. The molecule has 0 saturated carbocycles. The Morgan fingerprint density at radius 3 is 2.62 bits per heavy atom. The first-order valence-corrected chi connectivity index (χ1v) is 4.95. The third-order valence-corrected chi connectivity index (χ3v) is 1.83. The standard InChI is InChI=1S/C11H15F2NO2/c1-8(14)6-15-7-9-4-2-3-5-10(9)16-11(12)13/h2-5,8,11H,6-7,14H2,1H3/t8-/m0/s1. The fraction of sp³-hybridized carbons (Fsp3) is 0.455. The zero-order chi connectivity index (χ0) is 12.0. The van der Waals surface area contributed by atoms with Crippen molar-refractivity contribution in [1.82, 2.24) is 0 Å². The van der Waals surface area contributed by atoms with Crippen molar-refractivity contribution in [3.8, 4) is 5.75 Å². The topological polar surface area (TPSA) is 44.5 Å². The number of ether oxygens (including phenoxy) is 2. The van der Waals surface area contributed by atoms with Gasteiger partial charge in [0.2, 0.25) is 0 Å². The van der Waals surface area contributed by atoms with Gasteiger partial charge in [0.05, 0.1) is 13.2 Å². The molecular formula is C11H15F2NO2. The number of benzene rings is 1. The molecule has 1 rings (SSSR count). The summed E-state index contributed by atoms with van der Waals surface area (Å²) in [6, 6.07) is 6.45. The Kier molecular flexibility index (Phi) is 5.14. The van der Waals surface area contributed by atoms with E-state index in [4.69, 9.17) is 10.5 Å². The third kappa shape index (κ3) is 4.55. The largest absolute Gasteiger partial charge is 0.434 e. The smallest absolute Gasteiger partial charge is 0.387 e. The Bertz CT molecular complexity index is 319. The van der Waals surface area contributed by atoms with Crippen LogP contribution in [-0.2, 0) is 11.3 Å². The quantitative estimate of drug-likeness (QED) is 0.815. The average Bonchev–Trinajstić information content (AvgIpc) is 2.19. The molecule has 0 fully saturated rings. The van der Waals surface area contributed by atoms with Crippen molar-refractivity contribution in [3.63, 3.8) is 0 Å². The molecule has 0 unspecified atom stereocenters. The summed E-state index contributed by atoms with van der Waals surface area (Å²) in [5.41, 5.74) is 6.09. The van der Waals surface area contributed by atoms with Gasteiger partial charge in [-0.3, -0.25) is 0 Å². The zero-order valence-corrected chi connectivity index (χ0v) is 9.03. The zero-order valence-electron chi connectivity index (χ0n) is 9.03. The Labute approximate surface area is 93.2 Å². The first-order chi connectivity index (χ1) is 7.59. The minimum atomic E-state index is -2.82. The van der Waals surface area contributed by atoms with E-state index >= 15 is 0 Å². The molecule has 1 aromatic rings. The van der Waals surface area contributed by atoms with Gasteiger partial charge in [-0.2, -0.15) is 8.78 Å². The van der Waals surface area contributed by atoms with Gasteiger partial charge < -0.3 is 15.2 Å². The molecule has 0 radical (unpaired) electrons. The lowest BCUT2D eigenvalue weighted by atomic mass is 10.2. The van der Waals surface area contributed by atoms with Gasteiger partial charge in [0.25, 0.3) is 0 Å². The molecule has 0 aromatic heterocycles. The van der Waals surface area contributed by atoms with Crippen molar-refractivity contribution in [2.75, 3.05) is 6.61 Å². The first kappa shape index (κ1) is 12.9. The predicted octanol–water partition coefficient (Wildman–Crippen LogP) is 2.15. The second-order valence-electron chi connectivity index (χ2n) is 3.48. The second-order valence-corrected chi connectivity index (χ2v) is 3.48. The highest BCUT2D eigenvalue weighted by atomic mass is 19.3. The molecule has 5 heteroatoms. The van der Waals surface area contributed by atoms with E-state index in [1.54, 1.807) is 18.2 Å². The van der Waals surface area contributed by atoms with Crippen LogP contribution in [0.2, 0.25) is 0 Å². The van der Waals surface area contributed by atoms with Gasteiger partial charge in [-0.05, 0) is 13.0 Å².